The van der Waals surface area contributed by atoms with Crippen LogP contribution in [0.3, 0.4) is 0 Å². The number of rotatable bonds is 1. The Morgan fingerprint density at radius 1 is 1.17 bits per heavy atom. The fourth-order valence-electron chi connectivity index (χ4n) is 3.40. The zero-order valence-corrected chi connectivity index (χ0v) is 11.1. The van der Waals surface area contributed by atoms with Gasteiger partial charge in [-0.1, -0.05) is 12.1 Å². The Bertz CT molecular complexity index is 422. The molecule has 5 unspecified atom stereocenters. The van der Waals surface area contributed by atoms with Gasteiger partial charge in [0, 0.05) is 23.4 Å². The second-order valence-corrected chi connectivity index (χ2v) is 6.06. The molecule has 0 amide bonds. The predicted octanol–water partition coefficient (Wildman–Crippen LogP) is 2.79. The summed E-state index contributed by atoms with van der Waals surface area (Å²) in [6, 6.07) is 7.69. The molecule has 1 saturated carbocycles. The van der Waals surface area contributed by atoms with Crippen LogP contribution in [0.15, 0.2) is 24.3 Å². The first-order chi connectivity index (χ1) is 8.65. The van der Waals surface area contributed by atoms with E-state index in [1.807, 2.05) is 12.1 Å². The molecule has 0 radical (unpaired) electrons. The Kier molecular flexibility index (Phi) is 3.31. The summed E-state index contributed by atoms with van der Waals surface area (Å²) in [5.41, 5.74) is 7.82. The molecular weight excluding hydrogens is 251 g/mol. The summed E-state index contributed by atoms with van der Waals surface area (Å²) in [7, 11) is 0. The Labute approximate surface area is 112 Å². The smallest absolute Gasteiger partial charge is 0.123 e. The highest BCUT2D eigenvalue weighted by Gasteiger charge is 2.43. The van der Waals surface area contributed by atoms with Gasteiger partial charge in [0.1, 0.15) is 5.82 Å². The number of halogens is 2. The largest absolute Gasteiger partial charge is 0.254 e. The van der Waals surface area contributed by atoms with Crippen LogP contribution in [0.5, 0.6) is 0 Å². The standard InChI is InChI=1S/C14H18ClFN2/c1-8-14-12(15)6-10(7-13(14)18-17-8)9-2-4-11(16)5-3-9/h2-5,8,10,12-14,17-18H,6-7H2,1H3. The van der Waals surface area contributed by atoms with Crippen molar-refractivity contribution < 1.29 is 4.39 Å². The Morgan fingerprint density at radius 3 is 2.61 bits per heavy atom. The Balaban J connectivity index is 1.78. The highest BCUT2D eigenvalue weighted by Crippen LogP contribution is 2.41. The molecule has 98 valence electrons. The normalized spacial score (nSPS) is 39.6. The van der Waals surface area contributed by atoms with Crippen molar-refractivity contribution in [3.8, 4) is 0 Å². The molecule has 2 aliphatic rings. The highest BCUT2D eigenvalue weighted by atomic mass is 35.5. The first kappa shape index (κ1) is 12.4. The topological polar surface area (TPSA) is 24.1 Å². The van der Waals surface area contributed by atoms with E-state index in [1.54, 1.807) is 0 Å². The zero-order chi connectivity index (χ0) is 12.7. The van der Waals surface area contributed by atoms with Crippen LogP contribution in [0.1, 0.15) is 31.2 Å². The van der Waals surface area contributed by atoms with Gasteiger partial charge in [-0.05, 0) is 43.4 Å². The minimum Gasteiger partial charge on any atom is -0.254 e. The first-order valence-corrected chi connectivity index (χ1v) is 6.99. The molecule has 0 bridgehead atoms. The minimum absolute atomic E-state index is 0.177. The molecule has 1 aliphatic carbocycles. The molecule has 2 nitrogen and oxygen atoms in total. The third-order valence-corrected chi connectivity index (χ3v) is 4.81. The van der Waals surface area contributed by atoms with Crippen molar-refractivity contribution in [3.05, 3.63) is 35.6 Å². The van der Waals surface area contributed by atoms with Crippen LogP contribution in [-0.4, -0.2) is 17.5 Å². The maximum atomic E-state index is 12.9. The van der Waals surface area contributed by atoms with Crippen LogP contribution >= 0.6 is 11.6 Å². The third-order valence-electron chi connectivity index (χ3n) is 4.35. The molecule has 1 saturated heterocycles. The van der Waals surface area contributed by atoms with E-state index >= 15 is 0 Å². The van der Waals surface area contributed by atoms with Crippen molar-refractivity contribution >= 4 is 11.6 Å². The van der Waals surface area contributed by atoms with Crippen LogP contribution in [0.4, 0.5) is 4.39 Å². The van der Waals surface area contributed by atoms with Crippen LogP contribution in [0.25, 0.3) is 0 Å². The maximum Gasteiger partial charge on any atom is 0.123 e. The predicted molar refractivity (Wildman–Crippen MR) is 71.0 cm³/mol. The summed E-state index contributed by atoms with van der Waals surface area (Å²) in [5.74, 6) is 0.737. The molecule has 2 fully saturated rings. The summed E-state index contributed by atoms with van der Waals surface area (Å²) in [6.07, 6.45) is 2.04. The molecule has 1 heterocycles. The lowest BCUT2D eigenvalue weighted by atomic mass is 9.74. The van der Waals surface area contributed by atoms with Gasteiger partial charge in [-0.15, -0.1) is 11.6 Å². The Hall–Kier alpha value is -0.640. The lowest BCUT2D eigenvalue weighted by molar-refractivity contribution is 0.290. The minimum atomic E-state index is -0.177. The van der Waals surface area contributed by atoms with Crippen LogP contribution in [0, 0.1) is 11.7 Å². The third kappa shape index (κ3) is 2.15. The molecule has 4 heteroatoms. The van der Waals surface area contributed by atoms with Crippen LogP contribution in [-0.2, 0) is 0 Å². The zero-order valence-electron chi connectivity index (χ0n) is 10.4. The summed E-state index contributed by atoms with van der Waals surface area (Å²) in [5, 5.41) is 0.177. The second-order valence-electron chi connectivity index (χ2n) is 5.50. The van der Waals surface area contributed by atoms with Crippen molar-refractivity contribution in [1.82, 2.24) is 10.9 Å². The molecule has 0 aromatic heterocycles. The van der Waals surface area contributed by atoms with E-state index in [-0.39, 0.29) is 11.2 Å². The molecule has 5 atom stereocenters. The molecule has 3 rings (SSSR count). The summed E-state index contributed by atoms with van der Waals surface area (Å²) in [6.45, 7) is 2.17. The molecular formula is C14H18ClFN2. The molecule has 18 heavy (non-hydrogen) atoms. The van der Waals surface area contributed by atoms with Crippen molar-refractivity contribution in [2.24, 2.45) is 5.92 Å². The molecule has 2 N–H and O–H groups in total. The van der Waals surface area contributed by atoms with Crippen molar-refractivity contribution in [1.29, 1.82) is 0 Å². The van der Waals surface area contributed by atoms with Gasteiger partial charge in [0.15, 0.2) is 0 Å². The van der Waals surface area contributed by atoms with Crippen LogP contribution in [0.2, 0.25) is 0 Å². The maximum absolute atomic E-state index is 12.9. The van der Waals surface area contributed by atoms with E-state index in [2.05, 4.69) is 17.8 Å². The number of fused-ring (bicyclic) bond motifs is 1. The number of nitrogens with one attached hydrogen (secondary N) is 2. The molecule has 1 aromatic rings. The lowest BCUT2D eigenvalue weighted by Crippen LogP contribution is -2.40. The van der Waals surface area contributed by atoms with E-state index in [9.17, 15) is 4.39 Å². The average molecular weight is 269 g/mol. The van der Waals surface area contributed by atoms with Gasteiger partial charge in [0.25, 0.3) is 0 Å². The van der Waals surface area contributed by atoms with Gasteiger partial charge < -0.3 is 0 Å². The van der Waals surface area contributed by atoms with Crippen LogP contribution < -0.4 is 10.9 Å². The monoisotopic (exact) mass is 268 g/mol. The van der Waals surface area contributed by atoms with E-state index in [1.165, 1.54) is 17.7 Å². The van der Waals surface area contributed by atoms with E-state index in [4.69, 9.17) is 11.6 Å². The van der Waals surface area contributed by atoms with Crippen molar-refractivity contribution in [2.75, 3.05) is 0 Å². The Morgan fingerprint density at radius 2 is 1.89 bits per heavy atom. The highest BCUT2D eigenvalue weighted by molar-refractivity contribution is 6.21. The average Bonchev–Trinajstić information content (AvgIpc) is 2.72. The van der Waals surface area contributed by atoms with Gasteiger partial charge in [-0.2, -0.15) is 0 Å². The van der Waals surface area contributed by atoms with E-state index < -0.39 is 0 Å². The lowest BCUT2D eigenvalue weighted by Gasteiger charge is -2.36. The number of hydrogen-bond donors (Lipinski definition) is 2. The fourth-order valence-corrected chi connectivity index (χ4v) is 4.01. The van der Waals surface area contributed by atoms with Gasteiger partial charge in [0.05, 0.1) is 0 Å². The number of benzene rings is 1. The number of hydrazine groups is 1. The summed E-state index contributed by atoms with van der Waals surface area (Å²) in [4.78, 5) is 0. The number of hydrogen-bond acceptors (Lipinski definition) is 2. The molecule has 1 aliphatic heterocycles. The fraction of sp³-hybridized carbons (Fsp3) is 0.571. The summed E-state index contributed by atoms with van der Waals surface area (Å²) >= 11 is 6.53. The van der Waals surface area contributed by atoms with E-state index in [0.717, 1.165) is 12.8 Å². The van der Waals surface area contributed by atoms with Gasteiger partial charge >= 0.3 is 0 Å². The van der Waals surface area contributed by atoms with Crippen molar-refractivity contribution in [3.63, 3.8) is 0 Å². The van der Waals surface area contributed by atoms with E-state index in [0.29, 0.717) is 23.9 Å². The van der Waals surface area contributed by atoms with Gasteiger partial charge in [-0.3, -0.25) is 10.9 Å². The summed E-state index contributed by atoms with van der Waals surface area (Å²) < 4.78 is 12.9. The van der Waals surface area contributed by atoms with Gasteiger partial charge in [0.2, 0.25) is 0 Å². The van der Waals surface area contributed by atoms with Gasteiger partial charge in [-0.25, -0.2) is 4.39 Å². The first-order valence-electron chi connectivity index (χ1n) is 6.55. The number of alkyl halides is 1. The molecule has 0 spiro atoms. The second kappa shape index (κ2) is 4.80. The van der Waals surface area contributed by atoms with Crippen molar-refractivity contribution in [2.45, 2.75) is 43.1 Å². The quantitative estimate of drug-likeness (QED) is 0.766. The molecule has 1 aromatic carbocycles. The SMILES string of the molecule is CC1NNC2CC(c3ccc(F)cc3)CC(Cl)C12.